The van der Waals surface area contributed by atoms with Crippen molar-refractivity contribution in [1.82, 2.24) is 0 Å². The number of rotatable bonds is 6. The molecule has 1 aliphatic rings. The van der Waals surface area contributed by atoms with Crippen molar-refractivity contribution in [1.29, 1.82) is 0 Å². The van der Waals surface area contributed by atoms with Crippen LogP contribution in [0.1, 0.15) is 82.8 Å². The number of benzene rings is 1. The third-order valence-electron chi connectivity index (χ3n) is 4.94. The van der Waals surface area contributed by atoms with Gasteiger partial charge in [0, 0.05) is 11.4 Å². The topological polar surface area (TPSA) is 38.0 Å². The molecule has 2 rings (SSSR count). The van der Waals surface area contributed by atoms with Gasteiger partial charge >= 0.3 is 0 Å². The van der Waals surface area contributed by atoms with Crippen molar-refractivity contribution >= 4 is 5.69 Å². The van der Waals surface area contributed by atoms with E-state index in [9.17, 15) is 0 Å². The second-order valence-corrected chi connectivity index (χ2v) is 7.61. The molecule has 0 amide bonds. The van der Waals surface area contributed by atoms with Crippen molar-refractivity contribution in [2.75, 3.05) is 11.9 Å². The van der Waals surface area contributed by atoms with E-state index < -0.39 is 0 Å². The normalized spacial score (nSPS) is 17.0. The zero-order valence-corrected chi connectivity index (χ0v) is 15.4. The van der Waals surface area contributed by atoms with E-state index in [1.165, 1.54) is 48.9 Å². The molecule has 1 aliphatic carbocycles. The molecule has 1 aromatic rings. The minimum Gasteiger partial charge on any atom is -0.401 e. The maximum atomic E-state index is 6.30. The van der Waals surface area contributed by atoms with E-state index in [2.05, 4.69) is 57.3 Å². The number of para-hydroxylation sites is 1. The Balaban J connectivity index is 2.10. The molecule has 23 heavy (non-hydrogen) atoms. The lowest BCUT2D eigenvalue weighted by Crippen LogP contribution is -2.16. The van der Waals surface area contributed by atoms with Gasteiger partial charge in [0.05, 0.1) is 6.54 Å². The highest BCUT2D eigenvalue weighted by Crippen LogP contribution is 2.32. The summed E-state index contributed by atoms with van der Waals surface area (Å²) in [5.74, 6) is 1.72. The monoisotopic (exact) mass is 314 g/mol. The van der Waals surface area contributed by atoms with Crippen molar-refractivity contribution < 1.29 is 0 Å². The minimum absolute atomic E-state index is 0.514. The Bertz CT molecular complexity index is 496. The second-order valence-electron chi connectivity index (χ2n) is 7.61. The first kappa shape index (κ1) is 17.9. The molecule has 0 aliphatic heterocycles. The zero-order valence-electron chi connectivity index (χ0n) is 15.4. The Hall–Kier alpha value is -1.44. The highest BCUT2D eigenvalue weighted by Gasteiger charge is 2.14. The quantitative estimate of drug-likeness (QED) is 0.699. The van der Waals surface area contributed by atoms with Gasteiger partial charge in [-0.3, -0.25) is 0 Å². The SMILES string of the molecule is CC(C)c1cccc(C(C)C)c1NCC(N)=CC1CCCCC1. The first-order valence-electron chi connectivity index (χ1n) is 9.32. The summed E-state index contributed by atoms with van der Waals surface area (Å²) in [6.07, 6.45) is 9.02. The van der Waals surface area contributed by atoms with Gasteiger partial charge in [-0.15, -0.1) is 0 Å². The van der Waals surface area contributed by atoms with Crippen LogP contribution < -0.4 is 11.1 Å². The van der Waals surface area contributed by atoms with E-state index >= 15 is 0 Å². The standard InChI is InChI=1S/C21H34N2/c1-15(2)19-11-8-12-20(16(3)4)21(19)23-14-18(22)13-17-9-6-5-7-10-17/h8,11-13,15-17,23H,5-7,9-10,14,22H2,1-4H3. The summed E-state index contributed by atoms with van der Waals surface area (Å²) < 4.78 is 0. The smallest absolute Gasteiger partial charge is 0.0542 e. The number of hydrogen-bond acceptors (Lipinski definition) is 2. The highest BCUT2D eigenvalue weighted by molar-refractivity contribution is 5.60. The summed E-state index contributed by atoms with van der Waals surface area (Å²) in [5.41, 5.74) is 11.4. The molecule has 128 valence electrons. The molecule has 0 saturated heterocycles. The number of hydrogen-bond donors (Lipinski definition) is 2. The second kappa shape index (κ2) is 8.42. The Morgan fingerprint density at radius 2 is 1.65 bits per heavy atom. The summed E-state index contributed by atoms with van der Waals surface area (Å²) >= 11 is 0. The Morgan fingerprint density at radius 3 is 2.17 bits per heavy atom. The van der Waals surface area contributed by atoms with Gasteiger partial charge in [-0.25, -0.2) is 0 Å². The van der Waals surface area contributed by atoms with Crippen LogP contribution in [0.3, 0.4) is 0 Å². The lowest BCUT2D eigenvalue weighted by molar-refractivity contribution is 0.417. The molecule has 0 atom stereocenters. The molecule has 2 heteroatoms. The third-order valence-corrected chi connectivity index (χ3v) is 4.94. The average Bonchev–Trinajstić information content (AvgIpc) is 2.53. The van der Waals surface area contributed by atoms with Gasteiger partial charge in [-0.1, -0.05) is 71.2 Å². The average molecular weight is 315 g/mol. The fourth-order valence-electron chi connectivity index (χ4n) is 3.61. The number of anilines is 1. The fourth-order valence-corrected chi connectivity index (χ4v) is 3.61. The molecule has 0 bridgehead atoms. The van der Waals surface area contributed by atoms with Gasteiger partial charge < -0.3 is 11.1 Å². The van der Waals surface area contributed by atoms with E-state index in [4.69, 9.17) is 5.73 Å². The molecule has 0 radical (unpaired) electrons. The Kier molecular flexibility index (Phi) is 6.56. The summed E-state index contributed by atoms with van der Waals surface area (Å²) in [6.45, 7) is 9.77. The van der Waals surface area contributed by atoms with Crippen LogP contribution in [0.25, 0.3) is 0 Å². The highest BCUT2D eigenvalue weighted by atomic mass is 14.9. The molecule has 1 fully saturated rings. The molecular weight excluding hydrogens is 280 g/mol. The lowest BCUT2D eigenvalue weighted by atomic mass is 9.88. The predicted molar refractivity (Wildman–Crippen MR) is 102 cm³/mol. The van der Waals surface area contributed by atoms with Crippen molar-refractivity contribution in [3.05, 3.63) is 41.1 Å². The van der Waals surface area contributed by atoms with E-state index in [-0.39, 0.29) is 0 Å². The summed E-state index contributed by atoms with van der Waals surface area (Å²) in [6, 6.07) is 6.65. The van der Waals surface area contributed by atoms with E-state index in [0.717, 1.165) is 12.2 Å². The van der Waals surface area contributed by atoms with E-state index in [0.29, 0.717) is 17.8 Å². The van der Waals surface area contributed by atoms with Gasteiger partial charge in [0.1, 0.15) is 0 Å². The largest absolute Gasteiger partial charge is 0.401 e. The number of nitrogens with one attached hydrogen (secondary N) is 1. The fraction of sp³-hybridized carbons (Fsp3) is 0.619. The van der Waals surface area contributed by atoms with Gasteiger partial charge in [0.25, 0.3) is 0 Å². The minimum atomic E-state index is 0.514. The van der Waals surface area contributed by atoms with Crippen LogP contribution in [0, 0.1) is 5.92 Å². The van der Waals surface area contributed by atoms with Crippen LogP contribution in [-0.4, -0.2) is 6.54 Å². The van der Waals surface area contributed by atoms with Crippen molar-refractivity contribution in [3.63, 3.8) is 0 Å². The van der Waals surface area contributed by atoms with Gasteiger partial charge in [0.2, 0.25) is 0 Å². The maximum absolute atomic E-state index is 6.30. The number of allylic oxidation sites excluding steroid dienone is 1. The van der Waals surface area contributed by atoms with Crippen molar-refractivity contribution in [2.45, 2.75) is 71.6 Å². The first-order chi connectivity index (χ1) is 11.0. The predicted octanol–water partition coefficient (Wildman–Crippen LogP) is 5.77. The van der Waals surface area contributed by atoms with Crippen LogP contribution in [0.5, 0.6) is 0 Å². The van der Waals surface area contributed by atoms with Crippen LogP contribution in [0.15, 0.2) is 30.0 Å². The van der Waals surface area contributed by atoms with E-state index in [1.807, 2.05) is 0 Å². The number of nitrogens with two attached hydrogens (primary N) is 1. The van der Waals surface area contributed by atoms with Gasteiger partial charge in [-0.2, -0.15) is 0 Å². The summed E-state index contributed by atoms with van der Waals surface area (Å²) in [4.78, 5) is 0. The molecule has 1 aromatic carbocycles. The van der Waals surface area contributed by atoms with Crippen LogP contribution in [0.4, 0.5) is 5.69 Å². The maximum Gasteiger partial charge on any atom is 0.0542 e. The molecule has 1 saturated carbocycles. The Morgan fingerprint density at radius 1 is 1.09 bits per heavy atom. The molecule has 0 unspecified atom stereocenters. The molecule has 0 aromatic heterocycles. The van der Waals surface area contributed by atoms with Gasteiger partial charge in [0.15, 0.2) is 0 Å². The van der Waals surface area contributed by atoms with Crippen LogP contribution in [-0.2, 0) is 0 Å². The van der Waals surface area contributed by atoms with Crippen LogP contribution in [0.2, 0.25) is 0 Å². The molecular formula is C21H34N2. The molecule has 2 nitrogen and oxygen atoms in total. The van der Waals surface area contributed by atoms with Crippen molar-refractivity contribution in [3.8, 4) is 0 Å². The third kappa shape index (κ3) is 5.02. The summed E-state index contributed by atoms with van der Waals surface area (Å²) in [7, 11) is 0. The molecule has 0 heterocycles. The Labute approximate surface area is 142 Å². The first-order valence-corrected chi connectivity index (χ1v) is 9.32. The molecule has 0 spiro atoms. The zero-order chi connectivity index (χ0) is 16.8. The van der Waals surface area contributed by atoms with Crippen molar-refractivity contribution in [2.24, 2.45) is 11.7 Å². The van der Waals surface area contributed by atoms with E-state index in [1.54, 1.807) is 0 Å². The lowest BCUT2D eigenvalue weighted by Gasteiger charge is -2.22. The molecule has 3 N–H and O–H groups in total. The summed E-state index contributed by atoms with van der Waals surface area (Å²) in [5, 5.41) is 3.64. The van der Waals surface area contributed by atoms with Gasteiger partial charge in [-0.05, 0) is 41.7 Å². The van der Waals surface area contributed by atoms with Crippen LogP contribution >= 0.6 is 0 Å².